The van der Waals surface area contributed by atoms with Crippen molar-refractivity contribution in [3.8, 4) is 0 Å². The van der Waals surface area contributed by atoms with Crippen molar-refractivity contribution >= 4 is 12.6 Å². The first-order valence-corrected chi connectivity index (χ1v) is 7.67. The van der Waals surface area contributed by atoms with Crippen molar-refractivity contribution in [3.05, 3.63) is 36.5 Å². The van der Waals surface area contributed by atoms with Crippen LogP contribution in [0.15, 0.2) is 36.5 Å². The zero-order valence-corrected chi connectivity index (χ0v) is 13.1. The lowest BCUT2D eigenvalue weighted by molar-refractivity contribution is -0.108. The maximum atomic E-state index is 9.88. The smallest absolute Gasteiger partial charge is 0.142 e. The molecule has 20 heavy (non-hydrogen) atoms. The van der Waals surface area contributed by atoms with Gasteiger partial charge in [0.05, 0.1) is 0 Å². The molecular formula is C18H30O2. The Kier molecular flexibility index (Phi) is 23.7. The van der Waals surface area contributed by atoms with Gasteiger partial charge in [-0.15, -0.1) is 0 Å². The van der Waals surface area contributed by atoms with Crippen LogP contribution < -0.4 is 0 Å². The number of allylic oxidation sites excluding steroid dienone is 6. The van der Waals surface area contributed by atoms with Crippen molar-refractivity contribution in [2.45, 2.75) is 65.2 Å². The van der Waals surface area contributed by atoms with Gasteiger partial charge in [0.25, 0.3) is 0 Å². The number of hydrogen-bond donors (Lipinski definition) is 0. The zero-order chi connectivity index (χ0) is 15.3. The van der Waals surface area contributed by atoms with Crippen molar-refractivity contribution < 1.29 is 9.59 Å². The van der Waals surface area contributed by atoms with Crippen molar-refractivity contribution in [2.75, 3.05) is 0 Å². The molecule has 0 unspecified atom stereocenters. The Hall–Kier alpha value is -1.44. The highest BCUT2D eigenvalue weighted by Crippen LogP contribution is 1.98. The molecule has 0 spiro atoms. The molecule has 0 saturated carbocycles. The van der Waals surface area contributed by atoms with E-state index in [1.165, 1.54) is 0 Å². The molecule has 114 valence electrons. The summed E-state index contributed by atoms with van der Waals surface area (Å²) in [6.45, 7) is 4.24. The summed E-state index contributed by atoms with van der Waals surface area (Å²) in [7, 11) is 0. The fourth-order valence-electron chi connectivity index (χ4n) is 1.40. The molecule has 0 aromatic rings. The molecule has 0 aliphatic heterocycles. The van der Waals surface area contributed by atoms with Crippen LogP contribution in [-0.4, -0.2) is 12.6 Å². The van der Waals surface area contributed by atoms with E-state index in [0.717, 1.165) is 63.9 Å². The molecule has 0 aliphatic rings. The lowest BCUT2D eigenvalue weighted by Gasteiger charge is -1.89. The molecule has 0 atom stereocenters. The van der Waals surface area contributed by atoms with Crippen LogP contribution in [0.2, 0.25) is 0 Å². The monoisotopic (exact) mass is 278 g/mol. The van der Waals surface area contributed by atoms with Crippen molar-refractivity contribution in [2.24, 2.45) is 0 Å². The number of carbonyl (C=O) groups is 2. The van der Waals surface area contributed by atoms with Crippen LogP contribution in [0.3, 0.4) is 0 Å². The van der Waals surface area contributed by atoms with Gasteiger partial charge in [-0.3, -0.25) is 4.79 Å². The lowest BCUT2D eigenvalue weighted by atomic mass is 10.2. The van der Waals surface area contributed by atoms with E-state index in [2.05, 4.69) is 38.2 Å². The Labute approximate surface area is 124 Å². The predicted octanol–water partition coefficient (Wildman–Crippen LogP) is 5.20. The first-order valence-electron chi connectivity index (χ1n) is 7.67. The molecular weight excluding hydrogens is 248 g/mol. The third-order valence-corrected chi connectivity index (χ3v) is 2.46. The number of carbonyl (C=O) groups excluding carboxylic acids is 2. The highest BCUT2D eigenvalue weighted by molar-refractivity contribution is 5.64. The van der Waals surface area contributed by atoms with E-state index in [1.54, 1.807) is 6.08 Å². The molecule has 0 bridgehead atoms. The minimum absolute atomic E-state index is 0.722. The highest BCUT2D eigenvalue weighted by atomic mass is 16.1. The fraction of sp³-hybridized carbons (Fsp3) is 0.556. The van der Waals surface area contributed by atoms with Crippen LogP contribution >= 0.6 is 0 Å². The van der Waals surface area contributed by atoms with E-state index in [0.29, 0.717) is 0 Å². The molecule has 0 rings (SSSR count). The number of hydrogen-bond acceptors (Lipinski definition) is 2. The van der Waals surface area contributed by atoms with Gasteiger partial charge in [0.15, 0.2) is 0 Å². The second-order valence-corrected chi connectivity index (χ2v) is 4.35. The molecule has 0 aliphatic carbocycles. The zero-order valence-electron chi connectivity index (χ0n) is 13.1. The second-order valence-electron chi connectivity index (χ2n) is 4.35. The van der Waals surface area contributed by atoms with Crippen molar-refractivity contribution in [1.82, 2.24) is 0 Å². The topological polar surface area (TPSA) is 34.1 Å². The van der Waals surface area contributed by atoms with Gasteiger partial charge in [-0.2, -0.15) is 0 Å². The summed E-state index contributed by atoms with van der Waals surface area (Å²) in [6, 6.07) is 0. The van der Waals surface area contributed by atoms with Crippen molar-refractivity contribution in [3.63, 3.8) is 0 Å². The summed E-state index contributed by atoms with van der Waals surface area (Å²) < 4.78 is 0. The predicted molar refractivity (Wildman–Crippen MR) is 87.8 cm³/mol. The first kappa shape index (κ1) is 20.9. The maximum Gasteiger partial charge on any atom is 0.142 e. The van der Waals surface area contributed by atoms with Gasteiger partial charge < -0.3 is 4.79 Å². The standard InChI is InChI=1S/C9H16O.C9H14O/c2*1-2-3-4-5-6-7-8-9-10/h3-4,9H,2,5-8H2,1H3;3-4,7-9H,2,5-6H2,1H3/b4-3+;4-3+,8-7+. The van der Waals surface area contributed by atoms with Crippen LogP contribution in [0.1, 0.15) is 65.2 Å². The molecule has 0 heterocycles. The van der Waals surface area contributed by atoms with Gasteiger partial charge in [0.1, 0.15) is 12.6 Å². The highest BCUT2D eigenvalue weighted by Gasteiger charge is 1.82. The Morgan fingerprint density at radius 2 is 1.20 bits per heavy atom. The summed E-state index contributed by atoms with van der Waals surface area (Å²) in [6.07, 6.45) is 22.1. The molecule has 0 radical (unpaired) electrons. The van der Waals surface area contributed by atoms with E-state index in [1.807, 2.05) is 6.08 Å². The van der Waals surface area contributed by atoms with Gasteiger partial charge in [0.2, 0.25) is 0 Å². The molecule has 0 N–H and O–H groups in total. The van der Waals surface area contributed by atoms with E-state index < -0.39 is 0 Å². The minimum atomic E-state index is 0.722. The van der Waals surface area contributed by atoms with Crippen LogP contribution in [0, 0.1) is 0 Å². The van der Waals surface area contributed by atoms with E-state index in [4.69, 9.17) is 0 Å². The summed E-state index contributed by atoms with van der Waals surface area (Å²) in [5.74, 6) is 0. The largest absolute Gasteiger partial charge is 0.303 e. The normalized spacial score (nSPS) is 10.9. The average Bonchev–Trinajstić information content (AvgIpc) is 2.47. The van der Waals surface area contributed by atoms with Crippen LogP contribution in [0.25, 0.3) is 0 Å². The summed E-state index contributed by atoms with van der Waals surface area (Å²) in [4.78, 5) is 19.7. The van der Waals surface area contributed by atoms with Crippen LogP contribution in [0.5, 0.6) is 0 Å². The average molecular weight is 278 g/mol. The van der Waals surface area contributed by atoms with E-state index >= 15 is 0 Å². The molecule has 0 saturated heterocycles. The van der Waals surface area contributed by atoms with Crippen LogP contribution in [0.4, 0.5) is 0 Å². The van der Waals surface area contributed by atoms with Gasteiger partial charge >= 0.3 is 0 Å². The quantitative estimate of drug-likeness (QED) is 0.225. The Morgan fingerprint density at radius 3 is 1.75 bits per heavy atom. The Morgan fingerprint density at radius 1 is 0.650 bits per heavy atom. The molecule has 0 amide bonds. The first-order chi connectivity index (χ1) is 9.83. The SMILES string of the molecule is CC/C=C/CC/C=C/C=O.CC/C=C/CCCCC=O. The number of rotatable bonds is 11. The summed E-state index contributed by atoms with van der Waals surface area (Å²) in [5.41, 5.74) is 0. The fourth-order valence-corrected chi connectivity index (χ4v) is 1.40. The third-order valence-electron chi connectivity index (χ3n) is 2.46. The van der Waals surface area contributed by atoms with E-state index in [-0.39, 0.29) is 0 Å². The Balaban J connectivity index is 0. The second kappa shape index (κ2) is 22.7. The third kappa shape index (κ3) is 25.4. The summed E-state index contributed by atoms with van der Waals surface area (Å²) in [5, 5.41) is 0. The minimum Gasteiger partial charge on any atom is -0.303 e. The molecule has 0 fully saturated rings. The van der Waals surface area contributed by atoms with Gasteiger partial charge in [0, 0.05) is 6.42 Å². The van der Waals surface area contributed by atoms with Gasteiger partial charge in [-0.05, 0) is 51.0 Å². The molecule has 2 nitrogen and oxygen atoms in total. The van der Waals surface area contributed by atoms with E-state index in [9.17, 15) is 9.59 Å². The van der Waals surface area contributed by atoms with Crippen molar-refractivity contribution in [1.29, 1.82) is 0 Å². The molecule has 0 aromatic heterocycles. The maximum absolute atomic E-state index is 9.88. The molecule has 0 aromatic carbocycles. The Bertz CT molecular complexity index is 275. The van der Waals surface area contributed by atoms with Gasteiger partial charge in [-0.25, -0.2) is 0 Å². The number of aldehydes is 2. The lowest BCUT2D eigenvalue weighted by Crippen LogP contribution is -1.75. The number of unbranched alkanes of at least 4 members (excludes halogenated alkanes) is 4. The van der Waals surface area contributed by atoms with Gasteiger partial charge in [-0.1, -0.05) is 44.2 Å². The van der Waals surface area contributed by atoms with Crippen LogP contribution in [-0.2, 0) is 9.59 Å². The summed E-state index contributed by atoms with van der Waals surface area (Å²) >= 11 is 0. The molecule has 2 heteroatoms.